The van der Waals surface area contributed by atoms with Crippen molar-refractivity contribution in [2.75, 3.05) is 13.2 Å². The maximum Gasteiger partial charge on any atom is 0.127 e. The first kappa shape index (κ1) is 14.4. The molecule has 0 aliphatic carbocycles. The van der Waals surface area contributed by atoms with Gasteiger partial charge in [0.2, 0.25) is 0 Å². The van der Waals surface area contributed by atoms with Gasteiger partial charge in [-0.25, -0.2) is 4.39 Å². The summed E-state index contributed by atoms with van der Waals surface area (Å²) >= 11 is 5.69. The first-order valence-electron chi connectivity index (χ1n) is 5.65. The highest BCUT2D eigenvalue weighted by Gasteiger charge is 2.11. The van der Waals surface area contributed by atoms with E-state index in [2.05, 4.69) is 5.43 Å². The Morgan fingerprint density at radius 1 is 1.53 bits per heavy atom. The molecule has 0 saturated carbocycles. The van der Waals surface area contributed by atoms with E-state index in [9.17, 15) is 4.39 Å². The normalized spacial score (nSPS) is 12.7. The molecule has 1 unspecified atom stereocenters. The van der Waals surface area contributed by atoms with Gasteiger partial charge < -0.3 is 4.74 Å². The van der Waals surface area contributed by atoms with E-state index in [1.54, 1.807) is 12.1 Å². The van der Waals surface area contributed by atoms with Gasteiger partial charge in [-0.15, -0.1) is 0 Å². The van der Waals surface area contributed by atoms with Crippen molar-refractivity contribution < 1.29 is 9.13 Å². The Morgan fingerprint density at radius 3 is 2.88 bits per heavy atom. The summed E-state index contributed by atoms with van der Waals surface area (Å²) < 4.78 is 18.8. The molecule has 0 aromatic heterocycles. The number of hydrogen-bond donors (Lipinski definition) is 2. The molecule has 0 radical (unpaired) electrons. The van der Waals surface area contributed by atoms with Crippen molar-refractivity contribution in [2.24, 2.45) is 5.84 Å². The zero-order valence-corrected chi connectivity index (χ0v) is 10.6. The molecule has 1 rings (SSSR count). The topological polar surface area (TPSA) is 47.3 Å². The van der Waals surface area contributed by atoms with Gasteiger partial charge in [-0.1, -0.05) is 17.7 Å². The molecular weight excluding hydrogens is 243 g/mol. The fraction of sp³-hybridized carbons (Fsp3) is 0.500. The summed E-state index contributed by atoms with van der Waals surface area (Å²) in [5.41, 5.74) is 3.28. The van der Waals surface area contributed by atoms with Gasteiger partial charge in [0.25, 0.3) is 0 Å². The smallest absolute Gasteiger partial charge is 0.127 e. The molecule has 0 aliphatic heterocycles. The van der Waals surface area contributed by atoms with E-state index in [1.165, 1.54) is 6.07 Å². The second-order valence-electron chi connectivity index (χ2n) is 3.79. The number of nitrogens with two attached hydrogens (primary N) is 1. The first-order chi connectivity index (χ1) is 8.17. The van der Waals surface area contributed by atoms with E-state index < -0.39 is 0 Å². The summed E-state index contributed by atoms with van der Waals surface area (Å²) in [7, 11) is 0. The first-order valence-corrected chi connectivity index (χ1v) is 6.03. The van der Waals surface area contributed by atoms with Crippen molar-refractivity contribution in [3.8, 4) is 0 Å². The number of nitrogens with one attached hydrogen (secondary N) is 1. The molecule has 0 spiro atoms. The molecule has 17 heavy (non-hydrogen) atoms. The van der Waals surface area contributed by atoms with Crippen LogP contribution in [0.1, 0.15) is 18.9 Å². The molecule has 0 fully saturated rings. The third-order valence-electron chi connectivity index (χ3n) is 2.53. The number of hydrazine groups is 1. The lowest BCUT2D eigenvalue weighted by Gasteiger charge is -2.16. The molecule has 1 aromatic rings. The van der Waals surface area contributed by atoms with Crippen molar-refractivity contribution in [1.29, 1.82) is 0 Å². The second-order valence-corrected chi connectivity index (χ2v) is 4.23. The molecule has 0 bridgehead atoms. The highest BCUT2D eigenvalue weighted by atomic mass is 35.5. The summed E-state index contributed by atoms with van der Waals surface area (Å²) in [5.74, 6) is 5.13. The van der Waals surface area contributed by atoms with Crippen LogP contribution >= 0.6 is 11.6 Å². The number of ether oxygens (including phenoxy) is 1. The van der Waals surface area contributed by atoms with Crippen molar-refractivity contribution in [1.82, 2.24) is 5.43 Å². The van der Waals surface area contributed by atoms with Gasteiger partial charge in [-0.05, 0) is 37.5 Å². The van der Waals surface area contributed by atoms with Crippen LogP contribution in [0.15, 0.2) is 18.2 Å². The second kappa shape index (κ2) is 7.61. The SMILES string of the molecule is CCOCCC(Cc1ccc(Cl)cc1F)NN. The zero-order valence-electron chi connectivity index (χ0n) is 9.88. The maximum atomic E-state index is 13.6. The Labute approximate surface area is 106 Å². The monoisotopic (exact) mass is 260 g/mol. The van der Waals surface area contributed by atoms with Gasteiger partial charge in [-0.3, -0.25) is 11.3 Å². The zero-order chi connectivity index (χ0) is 12.7. The lowest BCUT2D eigenvalue weighted by atomic mass is 10.0. The van der Waals surface area contributed by atoms with E-state index in [4.69, 9.17) is 22.2 Å². The molecule has 96 valence electrons. The number of rotatable bonds is 7. The van der Waals surface area contributed by atoms with E-state index in [0.29, 0.717) is 30.2 Å². The molecule has 3 N–H and O–H groups in total. The predicted molar refractivity (Wildman–Crippen MR) is 67.3 cm³/mol. The minimum atomic E-state index is -0.297. The Kier molecular flexibility index (Phi) is 6.44. The summed E-state index contributed by atoms with van der Waals surface area (Å²) in [4.78, 5) is 0. The van der Waals surface area contributed by atoms with Gasteiger partial charge in [0, 0.05) is 24.3 Å². The molecule has 5 heteroatoms. The van der Waals surface area contributed by atoms with Gasteiger partial charge in [0.15, 0.2) is 0 Å². The van der Waals surface area contributed by atoms with Crippen LogP contribution in [0, 0.1) is 5.82 Å². The Balaban J connectivity index is 2.54. The van der Waals surface area contributed by atoms with Crippen molar-refractivity contribution >= 4 is 11.6 Å². The molecule has 0 aliphatic rings. The van der Waals surface area contributed by atoms with Gasteiger partial charge in [0.05, 0.1) is 0 Å². The summed E-state index contributed by atoms with van der Waals surface area (Å²) in [5, 5.41) is 0.401. The third-order valence-corrected chi connectivity index (χ3v) is 2.77. The Bertz CT molecular complexity index is 349. The minimum absolute atomic E-state index is 0.00257. The van der Waals surface area contributed by atoms with Crippen LogP contribution in [0.4, 0.5) is 4.39 Å². The average molecular weight is 261 g/mol. The largest absolute Gasteiger partial charge is 0.382 e. The summed E-state index contributed by atoms with van der Waals surface area (Å²) in [6.45, 7) is 3.22. The van der Waals surface area contributed by atoms with Crippen LogP contribution in [0.5, 0.6) is 0 Å². The highest BCUT2D eigenvalue weighted by Crippen LogP contribution is 2.16. The molecule has 0 amide bonds. The molecule has 0 heterocycles. The average Bonchev–Trinajstić information content (AvgIpc) is 2.31. The number of halogens is 2. The highest BCUT2D eigenvalue weighted by molar-refractivity contribution is 6.30. The van der Waals surface area contributed by atoms with E-state index in [0.717, 1.165) is 6.42 Å². The summed E-state index contributed by atoms with van der Waals surface area (Å²) in [6, 6.07) is 4.67. The lowest BCUT2D eigenvalue weighted by Crippen LogP contribution is -2.37. The van der Waals surface area contributed by atoms with Crippen molar-refractivity contribution in [2.45, 2.75) is 25.8 Å². The van der Waals surface area contributed by atoms with Crippen LogP contribution in [0.2, 0.25) is 5.02 Å². The molecule has 3 nitrogen and oxygen atoms in total. The van der Waals surface area contributed by atoms with Crippen molar-refractivity contribution in [3.63, 3.8) is 0 Å². The standard InChI is InChI=1S/C12H18ClFN2O/c1-2-17-6-5-11(16-15)7-9-3-4-10(13)8-12(9)14/h3-4,8,11,16H,2,5-7,15H2,1H3. The van der Waals surface area contributed by atoms with Crippen LogP contribution in [-0.4, -0.2) is 19.3 Å². The number of benzene rings is 1. The number of hydrogen-bond acceptors (Lipinski definition) is 3. The van der Waals surface area contributed by atoms with Gasteiger partial charge in [0.1, 0.15) is 5.82 Å². The van der Waals surface area contributed by atoms with Crippen LogP contribution < -0.4 is 11.3 Å². The molecule has 1 aromatic carbocycles. The fourth-order valence-corrected chi connectivity index (χ4v) is 1.73. The predicted octanol–water partition coefficient (Wildman–Crippen LogP) is 2.28. The molecule has 1 atom stereocenters. The lowest BCUT2D eigenvalue weighted by molar-refractivity contribution is 0.136. The van der Waals surface area contributed by atoms with E-state index >= 15 is 0 Å². The quantitative estimate of drug-likeness (QED) is 0.449. The van der Waals surface area contributed by atoms with Crippen LogP contribution in [0.25, 0.3) is 0 Å². The maximum absolute atomic E-state index is 13.6. The van der Waals surface area contributed by atoms with Crippen LogP contribution in [0.3, 0.4) is 0 Å². The Hall–Kier alpha value is -0.680. The van der Waals surface area contributed by atoms with Gasteiger partial charge in [-0.2, -0.15) is 0 Å². The summed E-state index contributed by atoms with van der Waals surface area (Å²) in [6.07, 6.45) is 1.26. The Morgan fingerprint density at radius 2 is 2.29 bits per heavy atom. The van der Waals surface area contributed by atoms with Crippen molar-refractivity contribution in [3.05, 3.63) is 34.6 Å². The third kappa shape index (κ3) is 5.00. The van der Waals surface area contributed by atoms with E-state index in [-0.39, 0.29) is 11.9 Å². The molecular formula is C12H18ClFN2O. The van der Waals surface area contributed by atoms with E-state index in [1.807, 2.05) is 6.92 Å². The minimum Gasteiger partial charge on any atom is -0.382 e. The van der Waals surface area contributed by atoms with Crippen LogP contribution in [-0.2, 0) is 11.2 Å². The molecule has 0 saturated heterocycles. The fourth-order valence-electron chi connectivity index (χ4n) is 1.57. The van der Waals surface area contributed by atoms with Gasteiger partial charge >= 0.3 is 0 Å².